The molecule has 2 aliphatic rings. The Hall–Kier alpha value is -1.80. The van der Waals surface area contributed by atoms with E-state index in [0.717, 1.165) is 19.5 Å². The summed E-state index contributed by atoms with van der Waals surface area (Å²) in [4.78, 5) is 0. The number of fused-ring (bicyclic) bond motifs is 2. The van der Waals surface area contributed by atoms with Gasteiger partial charge in [-0.3, -0.25) is 0 Å². The molecule has 2 aromatic rings. The van der Waals surface area contributed by atoms with Crippen LogP contribution >= 0.6 is 0 Å². The zero-order valence-electron chi connectivity index (χ0n) is 13.2. The lowest BCUT2D eigenvalue weighted by Crippen LogP contribution is -2.18. The van der Waals surface area contributed by atoms with Crippen LogP contribution in [-0.2, 0) is 12.8 Å². The smallest absolute Gasteiger partial charge is 0.0519 e. The molecule has 1 unspecified atom stereocenters. The van der Waals surface area contributed by atoms with Crippen LogP contribution in [-0.4, -0.2) is 13.1 Å². The van der Waals surface area contributed by atoms with Gasteiger partial charge in [-0.15, -0.1) is 0 Å². The molecule has 1 aliphatic heterocycles. The maximum Gasteiger partial charge on any atom is 0.0519 e. The number of anilines is 1. The summed E-state index contributed by atoms with van der Waals surface area (Å²) >= 11 is 0. The van der Waals surface area contributed by atoms with Gasteiger partial charge in [0.15, 0.2) is 0 Å². The molecule has 2 aromatic carbocycles. The van der Waals surface area contributed by atoms with Gasteiger partial charge >= 0.3 is 0 Å². The van der Waals surface area contributed by atoms with Gasteiger partial charge in [0.2, 0.25) is 0 Å². The van der Waals surface area contributed by atoms with Gasteiger partial charge in [0, 0.05) is 12.2 Å². The SMILES string of the molecule is C[C@@H]1CNCCc2ccc(NC3CCc4ccccc43)cc21. The fourth-order valence-electron chi connectivity index (χ4n) is 3.93. The highest BCUT2D eigenvalue weighted by molar-refractivity contribution is 5.53. The van der Waals surface area contributed by atoms with Crippen LogP contribution in [0.25, 0.3) is 0 Å². The van der Waals surface area contributed by atoms with Crippen molar-refractivity contribution in [2.75, 3.05) is 18.4 Å². The zero-order chi connectivity index (χ0) is 14.9. The number of benzene rings is 2. The van der Waals surface area contributed by atoms with Crippen LogP contribution in [0.15, 0.2) is 42.5 Å². The first-order valence-electron chi connectivity index (χ1n) is 8.49. The number of hydrogen-bond donors (Lipinski definition) is 2. The second kappa shape index (κ2) is 5.77. The van der Waals surface area contributed by atoms with E-state index in [1.165, 1.54) is 40.8 Å². The predicted molar refractivity (Wildman–Crippen MR) is 92.6 cm³/mol. The third-order valence-electron chi connectivity index (χ3n) is 5.17. The van der Waals surface area contributed by atoms with Crippen LogP contribution in [0.2, 0.25) is 0 Å². The minimum absolute atomic E-state index is 0.466. The van der Waals surface area contributed by atoms with Crippen molar-refractivity contribution in [2.24, 2.45) is 0 Å². The first-order valence-corrected chi connectivity index (χ1v) is 8.49. The third-order valence-corrected chi connectivity index (χ3v) is 5.17. The van der Waals surface area contributed by atoms with Crippen molar-refractivity contribution in [3.05, 3.63) is 64.7 Å². The summed E-state index contributed by atoms with van der Waals surface area (Å²) in [6, 6.07) is 16.3. The summed E-state index contributed by atoms with van der Waals surface area (Å²) in [6.07, 6.45) is 3.54. The normalized spacial score (nSPS) is 23.5. The first-order chi connectivity index (χ1) is 10.8. The quantitative estimate of drug-likeness (QED) is 0.873. The Morgan fingerprint density at radius 2 is 1.86 bits per heavy atom. The number of hydrogen-bond acceptors (Lipinski definition) is 2. The second-order valence-corrected chi connectivity index (χ2v) is 6.70. The molecule has 2 atom stereocenters. The van der Waals surface area contributed by atoms with Crippen molar-refractivity contribution in [3.8, 4) is 0 Å². The largest absolute Gasteiger partial charge is 0.378 e. The van der Waals surface area contributed by atoms with Gasteiger partial charge in [-0.1, -0.05) is 37.3 Å². The third kappa shape index (κ3) is 2.52. The summed E-state index contributed by atoms with van der Waals surface area (Å²) in [5.74, 6) is 0.593. The van der Waals surface area contributed by atoms with Crippen LogP contribution in [0, 0.1) is 0 Å². The molecule has 2 nitrogen and oxygen atoms in total. The Kier molecular flexibility index (Phi) is 3.63. The second-order valence-electron chi connectivity index (χ2n) is 6.70. The number of aryl methyl sites for hydroxylation is 1. The lowest BCUT2D eigenvalue weighted by atomic mass is 9.94. The van der Waals surface area contributed by atoms with Crippen molar-refractivity contribution in [3.63, 3.8) is 0 Å². The van der Waals surface area contributed by atoms with Crippen LogP contribution in [0.5, 0.6) is 0 Å². The van der Waals surface area contributed by atoms with Gasteiger partial charge in [0.1, 0.15) is 0 Å². The lowest BCUT2D eigenvalue weighted by molar-refractivity contribution is 0.644. The highest BCUT2D eigenvalue weighted by Crippen LogP contribution is 2.34. The average Bonchev–Trinajstić information content (AvgIpc) is 2.86. The van der Waals surface area contributed by atoms with Gasteiger partial charge < -0.3 is 10.6 Å². The minimum Gasteiger partial charge on any atom is -0.378 e. The molecular formula is C20H24N2. The average molecular weight is 292 g/mol. The molecule has 0 radical (unpaired) electrons. The summed E-state index contributed by atoms with van der Waals surface area (Å²) in [5.41, 5.74) is 7.28. The molecule has 22 heavy (non-hydrogen) atoms. The Balaban J connectivity index is 1.60. The molecule has 0 bridgehead atoms. The number of nitrogens with one attached hydrogen (secondary N) is 2. The van der Waals surface area contributed by atoms with E-state index in [2.05, 4.69) is 60.0 Å². The molecule has 0 fully saturated rings. The van der Waals surface area contributed by atoms with Gasteiger partial charge in [-0.25, -0.2) is 0 Å². The molecule has 1 aliphatic carbocycles. The van der Waals surface area contributed by atoms with E-state index in [1.807, 2.05) is 0 Å². The Morgan fingerprint density at radius 1 is 1.00 bits per heavy atom. The van der Waals surface area contributed by atoms with E-state index in [9.17, 15) is 0 Å². The van der Waals surface area contributed by atoms with Crippen molar-refractivity contribution < 1.29 is 0 Å². The monoisotopic (exact) mass is 292 g/mol. The minimum atomic E-state index is 0.466. The van der Waals surface area contributed by atoms with Crippen molar-refractivity contribution in [2.45, 2.75) is 38.1 Å². The maximum atomic E-state index is 3.77. The summed E-state index contributed by atoms with van der Waals surface area (Å²) in [6.45, 7) is 4.51. The van der Waals surface area contributed by atoms with Crippen LogP contribution in [0.3, 0.4) is 0 Å². The molecule has 0 saturated carbocycles. The van der Waals surface area contributed by atoms with Gasteiger partial charge in [0.05, 0.1) is 6.04 Å². The fraction of sp³-hybridized carbons (Fsp3) is 0.400. The lowest BCUT2D eigenvalue weighted by Gasteiger charge is -2.19. The standard InChI is InChI=1S/C20H24N2/c1-14-13-21-11-10-16-6-8-17(12-19(14)16)22-20-9-7-15-4-2-3-5-18(15)20/h2-6,8,12,14,20-22H,7,9-11,13H2,1H3/t14-,20?/m1/s1. The molecule has 4 rings (SSSR count). The van der Waals surface area contributed by atoms with Crippen molar-refractivity contribution in [1.29, 1.82) is 0 Å². The Morgan fingerprint density at radius 3 is 2.82 bits per heavy atom. The van der Waals surface area contributed by atoms with Crippen molar-refractivity contribution in [1.82, 2.24) is 5.32 Å². The van der Waals surface area contributed by atoms with Gasteiger partial charge in [-0.2, -0.15) is 0 Å². The summed E-state index contributed by atoms with van der Waals surface area (Å²) in [5, 5.41) is 7.30. The van der Waals surface area contributed by atoms with Gasteiger partial charge in [-0.05, 0) is 66.1 Å². The topological polar surface area (TPSA) is 24.1 Å². The maximum absolute atomic E-state index is 3.77. The molecular weight excluding hydrogens is 268 g/mol. The predicted octanol–water partition coefficient (Wildman–Crippen LogP) is 4.04. The molecule has 0 amide bonds. The molecule has 114 valence electrons. The summed E-state index contributed by atoms with van der Waals surface area (Å²) in [7, 11) is 0. The van der Waals surface area contributed by atoms with Crippen LogP contribution < -0.4 is 10.6 Å². The molecule has 2 heteroatoms. The highest BCUT2D eigenvalue weighted by Gasteiger charge is 2.22. The van der Waals surface area contributed by atoms with Crippen molar-refractivity contribution >= 4 is 5.69 Å². The van der Waals surface area contributed by atoms with E-state index < -0.39 is 0 Å². The van der Waals surface area contributed by atoms with Gasteiger partial charge in [0.25, 0.3) is 0 Å². The van der Waals surface area contributed by atoms with Crippen LogP contribution in [0.4, 0.5) is 5.69 Å². The first kappa shape index (κ1) is 13.8. The molecule has 0 aromatic heterocycles. The molecule has 2 N–H and O–H groups in total. The molecule has 0 spiro atoms. The Labute approximate surface area is 132 Å². The highest BCUT2D eigenvalue weighted by atomic mass is 14.9. The molecule has 1 heterocycles. The van der Waals surface area contributed by atoms with Crippen LogP contribution in [0.1, 0.15) is 47.6 Å². The van der Waals surface area contributed by atoms with E-state index >= 15 is 0 Å². The van der Waals surface area contributed by atoms with E-state index in [0.29, 0.717) is 12.0 Å². The molecule has 0 saturated heterocycles. The fourth-order valence-corrected chi connectivity index (χ4v) is 3.93. The Bertz CT molecular complexity index is 677. The zero-order valence-corrected chi connectivity index (χ0v) is 13.2. The van der Waals surface area contributed by atoms with E-state index in [-0.39, 0.29) is 0 Å². The number of rotatable bonds is 2. The van der Waals surface area contributed by atoms with E-state index in [4.69, 9.17) is 0 Å². The summed E-state index contributed by atoms with van der Waals surface area (Å²) < 4.78 is 0. The van der Waals surface area contributed by atoms with E-state index in [1.54, 1.807) is 0 Å².